The van der Waals surface area contributed by atoms with Crippen LogP contribution in [-0.2, 0) is 0 Å². The summed E-state index contributed by atoms with van der Waals surface area (Å²) < 4.78 is 7.15. The molecule has 0 bridgehead atoms. The van der Waals surface area contributed by atoms with Gasteiger partial charge in [0.2, 0.25) is 0 Å². The SMILES string of the molecule is C[Se][P+](N(C)C)(N(C)C)N(C)C. The molecular weight excluding hydrogens is 236 g/mol. The van der Waals surface area contributed by atoms with Crippen molar-refractivity contribution in [2.75, 3.05) is 42.3 Å². The maximum absolute atomic E-state index is 2.38. The summed E-state index contributed by atoms with van der Waals surface area (Å²) in [5, 5.41) is 0. The summed E-state index contributed by atoms with van der Waals surface area (Å²) in [6, 6.07) is 0. The second kappa shape index (κ2) is 4.90. The van der Waals surface area contributed by atoms with Crippen LogP contribution in [0, 0.1) is 0 Å². The molecule has 0 aliphatic rings. The summed E-state index contributed by atoms with van der Waals surface area (Å²) in [4.78, 5) is 0. The maximum atomic E-state index is 2.38. The first-order valence-corrected chi connectivity index (χ1v) is 9.45. The molecule has 0 aromatic carbocycles. The molecule has 0 unspecified atom stereocenters. The number of hydrogen-bond donors (Lipinski definition) is 0. The molecule has 0 aliphatic carbocycles. The Morgan fingerprint density at radius 1 is 0.750 bits per heavy atom. The van der Waals surface area contributed by atoms with Crippen molar-refractivity contribution in [1.29, 1.82) is 0 Å². The Morgan fingerprint density at radius 3 is 1.00 bits per heavy atom. The molecule has 12 heavy (non-hydrogen) atoms. The first-order chi connectivity index (χ1) is 5.39. The average Bonchev–Trinajstić information content (AvgIpc) is 1.86. The van der Waals surface area contributed by atoms with E-state index in [0.29, 0.717) is 14.5 Å². The normalized spacial score (nSPS) is 13.5. The predicted molar refractivity (Wildman–Crippen MR) is 59.6 cm³/mol. The molecule has 0 heterocycles. The van der Waals surface area contributed by atoms with E-state index in [0.717, 1.165) is 0 Å². The fourth-order valence-corrected chi connectivity index (χ4v) is 10.9. The minimum absolute atomic E-state index is 0.642. The molecule has 3 nitrogen and oxygen atoms in total. The Bertz CT molecular complexity index is 117. The Kier molecular flexibility index (Phi) is 5.24. The number of rotatable bonds is 4. The topological polar surface area (TPSA) is 9.72 Å². The zero-order valence-electron chi connectivity index (χ0n) is 9.20. The molecule has 74 valence electrons. The molecule has 0 radical (unpaired) electrons. The van der Waals surface area contributed by atoms with Gasteiger partial charge in [0.25, 0.3) is 0 Å². The Hall–Kier alpha value is 0.829. The van der Waals surface area contributed by atoms with Gasteiger partial charge in [-0.25, -0.2) is 0 Å². The minimum atomic E-state index is -1.13. The van der Waals surface area contributed by atoms with Gasteiger partial charge in [0.05, 0.1) is 0 Å². The van der Waals surface area contributed by atoms with E-state index < -0.39 is 6.40 Å². The van der Waals surface area contributed by atoms with Crippen LogP contribution in [0.4, 0.5) is 0 Å². The fraction of sp³-hybridized carbons (Fsp3) is 1.00. The van der Waals surface area contributed by atoms with Gasteiger partial charge in [-0.3, -0.25) is 0 Å². The van der Waals surface area contributed by atoms with Gasteiger partial charge in [-0.2, -0.15) is 0 Å². The van der Waals surface area contributed by atoms with Crippen molar-refractivity contribution in [3.8, 4) is 0 Å². The van der Waals surface area contributed by atoms with Gasteiger partial charge in [-0.1, -0.05) is 0 Å². The van der Waals surface area contributed by atoms with Gasteiger partial charge >= 0.3 is 83.0 Å². The standard InChI is InChI=1S/C7H21N3PSe/c1-8(2)11(12-7,9(3)4)10(5)6/h1-7H3/q+1. The molecule has 0 rings (SSSR count). The van der Waals surface area contributed by atoms with E-state index in [1.807, 2.05) is 0 Å². The van der Waals surface area contributed by atoms with Gasteiger partial charge in [-0.15, -0.1) is 0 Å². The molecule has 0 spiro atoms. The summed E-state index contributed by atoms with van der Waals surface area (Å²) in [6.45, 7) is 0. The fourth-order valence-electron chi connectivity index (χ4n) is 1.56. The first-order valence-electron chi connectivity index (χ1n) is 3.87. The summed E-state index contributed by atoms with van der Waals surface area (Å²) in [5.74, 6) is 2.32. The first kappa shape index (κ1) is 12.8. The van der Waals surface area contributed by atoms with Crippen LogP contribution in [0.1, 0.15) is 0 Å². The molecule has 0 saturated carbocycles. The molecule has 0 fully saturated rings. The molecule has 0 aliphatic heterocycles. The van der Waals surface area contributed by atoms with E-state index in [2.05, 4.69) is 62.1 Å². The summed E-state index contributed by atoms with van der Waals surface area (Å²) >= 11 is 0.642. The average molecular weight is 257 g/mol. The van der Waals surface area contributed by atoms with Crippen LogP contribution < -0.4 is 0 Å². The van der Waals surface area contributed by atoms with Crippen molar-refractivity contribution < 1.29 is 0 Å². The third-order valence-corrected chi connectivity index (χ3v) is 14.7. The summed E-state index contributed by atoms with van der Waals surface area (Å²) in [7, 11) is 13.1. The van der Waals surface area contributed by atoms with Crippen molar-refractivity contribution in [1.82, 2.24) is 14.0 Å². The van der Waals surface area contributed by atoms with Crippen molar-refractivity contribution >= 4 is 20.9 Å². The summed E-state index contributed by atoms with van der Waals surface area (Å²) in [5.41, 5.74) is 0. The van der Waals surface area contributed by atoms with Gasteiger partial charge in [0.1, 0.15) is 0 Å². The van der Waals surface area contributed by atoms with Gasteiger partial charge in [-0.05, 0) is 0 Å². The zero-order chi connectivity index (χ0) is 9.94. The van der Waals surface area contributed by atoms with E-state index in [9.17, 15) is 0 Å². The van der Waals surface area contributed by atoms with Crippen LogP contribution in [-0.4, -0.2) is 70.8 Å². The number of nitrogens with zero attached hydrogens (tertiary/aromatic N) is 3. The van der Waals surface area contributed by atoms with Gasteiger partial charge in [0.15, 0.2) is 0 Å². The van der Waals surface area contributed by atoms with E-state index >= 15 is 0 Å². The molecule has 0 aromatic heterocycles. The van der Waals surface area contributed by atoms with Crippen molar-refractivity contribution in [2.45, 2.75) is 5.82 Å². The third kappa shape index (κ3) is 2.20. The molecule has 0 amide bonds. The van der Waals surface area contributed by atoms with Crippen molar-refractivity contribution in [3.63, 3.8) is 0 Å². The van der Waals surface area contributed by atoms with Crippen LogP contribution in [0.3, 0.4) is 0 Å². The van der Waals surface area contributed by atoms with Crippen LogP contribution in [0.5, 0.6) is 0 Å². The van der Waals surface area contributed by atoms with Gasteiger partial charge < -0.3 is 0 Å². The molecule has 0 atom stereocenters. The zero-order valence-corrected chi connectivity index (χ0v) is 11.8. The van der Waals surface area contributed by atoms with Crippen LogP contribution >= 0.6 is 6.40 Å². The number of hydrogen-bond acceptors (Lipinski definition) is 3. The second-order valence-corrected chi connectivity index (χ2v) is 12.4. The molecule has 0 saturated heterocycles. The third-order valence-electron chi connectivity index (χ3n) is 1.81. The van der Waals surface area contributed by atoms with E-state index in [4.69, 9.17) is 0 Å². The summed E-state index contributed by atoms with van der Waals surface area (Å²) in [6.07, 6.45) is -1.13. The van der Waals surface area contributed by atoms with Crippen LogP contribution in [0.15, 0.2) is 0 Å². The van der Waals surface area contributed by atoms with Crippen LogP contribution in [0.2, 0.25) is 5.82 Å². The Labute approximate surface area is 83.4 Å². The molecular formula is C7H21N3PSe+. The Balaban J connectivity index is 4.77. The van der Waals surface area contributed by atoms with Crippen LogP contribution in [0.25, 0.3) is 0 Å². The van der Waals surface area contributed by atoms with Crippen molar-refractivity contribution in [3.05, 3.63) is 0 Å². The van der Waals surface area contributed by atoms with E-state index in [1.54, 1.807) is 0 Å². The quantitative estimate of drug-likeness (QED) is 0.551. The molecule has 0 aromatic rings. The second-order valence-electron chi connectivity index (χ2n) is 3.24. The Morgan fingerprint density at radius 2 is 1.00 bits per heavy atom. The predicted octanol–water partition coefficient (Wildman–Crippen LogP) is 1.10. The molecule has 0 N–H and O–H groups in total. The van der Waals surface area contributed by atoms with E-state index in [1.165, 1.54) is 0 Å². The molecule has 5 heteroatoms. The van der Waals surface area contributed by atoms with Gasteiger partial charge in [0, 0.05) is 0 Å². The van der Waals surface area contributed by atoms with E-state index in [-0.39, 0.29) is 0 Å². The van der Waals surface area contributed by atoms with Crippen molar-refractivity contribution in [2.24, 2.45) is 0 Å². The monoisotopic (exact) mass is 258 g/mol.